The Morgan fingerprint density at radius 3 is 0.953 bits per heavy atom. The summed E-state index contributed by atoms with van der Waals surface area (Å²) in [7, 11) is 0. The molecule has 0 aliphatic carbocycles. The Labute approximate surface area is 396 Å². The Morgan fingerprint density at radius 2 is 0.578 bits per heavy atom. The molecule has 0 N–H and O–H groups in total. The maximum Gasteiger partial charge on any atom is 0.306 e. The zero-order valence-electron chi connectivity index (χ0n) is 42.3. The van der Waals surface area contributed by atoms with Gasteiger partial charge in [-0.1, -0.05) is 229 Å². The van der Waals surface area contributed by atoms with Crippen LogP contribution in [-0.2, 0) is 28.6 Å². The van der Waals surface area contributed by atoms with Crippen molar-refractivity contribution in [3.63, 3.8) is 0 Å². The summed E-state index contributed by atoms with van der Waals surface area (Å²) >= 11 is 0. The molecular formula is C58H102O6. The van der Waals surface area contributed by atoms with E-state index in [1.807, 2.05) is 0 Å². The van der Waals surface area contributed by atoms with Crippen molar-refractivity contribution in [2.45, 2.75) is 277 Å². The third-order valence-corrected chi connectivity index (χ3v) is 11.7. The van der Waals surface area contributed by atoms with Crippen molar-refractivity contribution in [2.75, 3.05) is 13.2 Å². The Balaban J connectivity index is 4.42. The monoisotopic (exact) mass is 895 g/mol. The van der Waals surface area contributed by atoms with Crippen LogP contribution in [0.1, 0.15) is 271 Å². The summed E-state index contributed by atoms with van der Waals surface area (Å²) in [5.74, 6) is -0.913. The first-order valence-corrected chi connectivity index (χ1v) is 27.3. The fraction of sp³-hybridized carbons (Fsp3) is 0.776. The summed E-state index contributed by atoms with van der Waals surface area (Å²) in [6.07, 6.45) is 64.8. The molecule has 0 unspecified atom stereocenters. The SMILES string of the molecule is CCCC/C=C/C/C=C/CCCCCCCC(=O)OC[C@H](COC(=O)CCCCCC/C=C/C/C=C/C/C=C/CCCCC)OC(=O)CCCCCCCCCCCCCCCCC. The van der Waals surface area contributed by atoms with Crippen LogP contribution in [0, 0.1) is 0 Å². The normalized spacial score (nSPS) is 12.5. The molecule has 0 aliphatic rings. The van der Waals surface area contributed by atoms with Crippen LogP contribution in [0.3, 0.4) is 0 Å². The third-order valence-electron chi connectivity index (χ3n) is 11.7. The number of carbonyl (C=O) groups excluding carboxylic acids is 3. The molecule has 0 bridgehead atoms. The van der Waals surface area contributed by atoms with Gasteiger partial charge in [0.2, 0.25) is 0 Å². The molecule has 0 aromatic carbocycles. The van der Waals surface area contributed by atoms with Crippen molar-refractivity contribution in [1.29, 1.82) is 0 Å². The summed E-state index contributed by atoms with van der Waals surface area (Å²) in [5.41, 5.74) is 0. The second kappa shape index (κ2) is 52.7. The van der Waals surface area contributed by atoms with Gasteiger partial charge in [0.15, 0.2) is 6.10 Å². The molecule has 370 valence electrons. The van der Waals surface area contributed by atoms with Crippen molar-refractivity contribution < 1.29 is 28.6 Å². The van der Waals surface area contributed by atoms with Crippen molar-refractivity contribution in [3.8, 4) is 0 Å². The lowest BCUT2D eigenvalue weighted by atomic mass is 10.0. The summed E-state index contributed by atoms with van der Waals surface area (Å²) in [6.45, 7) is 6.56. The maximum atomic E-state index is 12.8. The van der Waals surface area contributed by atoms with E-state index in [1.54, 1.807) is 0 Å². The van der Waals surface area contributed by atoms with Crippen LogP contribution in [0.25, 0.3) is 0 Å². The van der Waals surface area contributed by atoms with Crippen LogP contribution in [0.15, 0.2) is 60.8 Å². The van der Waals surface area contributed by atoms with Gasteiger partial charge in [-0.15, -0.1) is 0 Å². The molecule has 64 heavy (non-hydrogen) atoms. The van der Waals surface area contributed by atoms with E-state index in [0.717, 1.165) is 103 Å². The highest BCUT2D eigenvalue weighted by Crippen LogP contribution is 2.15. The van der Waals surface area contributed by atoms with Gasteiger partial charge in [-0.25, -0.2) is 0 Å². The molecule has 0 aromatic heterocycles. The number of allylic oxidation sites excluding steroid dienone is 10. The van der Waals surface area contributed by atoms with E-state index in [2.05, 4.69) is 81.5 Å². The van der Waals surface area contributed by atoms with Gasteiger partial charge in [0.1, 0.15) is 13.2 Å². The zero-order chi connectivity index (χ0) is 46.5. The molecule has 0 heterocycles. The summed E-state index contributed by atoms with van der Waals surface area (Å²) < 4.78 is 16.8. The Kier molecular flexibility index (Phi) is 50.4. The number of carbonyl (C=O) groups is 3. The lowest BCUT2D eigenvalue weighted by Crippen LogP contribution is -2.30. The van der Waals surface area contributed by atoms with Crippen LogP contribution < -0.4 is 0 Å². The predicted molar refractivity (Wildman–Crippen MR) is 275 cm³/mol. The highest BCUT2D eigenvalue weighted by Gasteiger charge is 2.19. The summed E-state index contributed by atoms with van der Waals surface area (Å²) in [6, 6.07) is 0. The van der Waals surface area contributed by atoms with Crippen molar-refractivity contribution >= 4 is 17.9 Å². The zero-order valence-corrected chi connectivity index (χ0v) is 42.3. The Morgan fingerprint density at radius 1 is 0.312 bits per heavy atom. The highest BCUT2D eigenvalue weighted by atomic mass is 16.6. The molecule has 0 fully saturated rings. The van der Waals surface area contributed by atoms with Crippen molar-refractivity contribution in [1.82, 2.24) is 0 Å². The molecule has 0 spiro atoms. The number of hydrogen-bond donors (Lipinski definition) is 0. The van der Waals surface area contributed by atoms with E-state index in [1.165, 1.54) is 128 Å². The number of ether oxygens (including phenoxy) is 3. The number of esters is 3. The molecule has 6 nitrogen and oxygen atoms in total. The smallest absolute Gasteiger partial charge is 0.306 e. The van der Waals surface area contributed by atoms with Crippen LogP contribution in [0.2, 0.25) is 0 Å². The minimum Gasteiger partial charge on any atom is -0.462 e. The summed E-state index contributed by atoms with van der Waals surface area (Å²) in [4.78, 5) is 38.1. The minimum atomic E-state index is -0.787. The average Bonchev–Trinajstić information content (AvgIpc) is 3.29. The first kappa shape index (κ1) is 61.1. The van der Waals surface area contributed by atoms with Gasteiger partial charge in [-0.05, 0) is 83.5 Å². The van der Waals surface area contributed by atoms with Crippen LogP contribution in [-0.4, -0.2) is 37.2 Å². The van der Waals surface area contributed by atoms with Gasteiger partial charge in [0.25, 0.3) is 0 Å². The standard InChI is InChI=1S/C58H102O6/c1-4-7-10-13-16-19-22-25-28-29-31-33-36-39-42-45-48-51-57(60)63-54-55(53-62-56(59)50-47-44-41-38-35-32-27-24-21-18-15-12-9-6-3)64-58(61)52-49-46-43-40-37-34-30-26-23-20-17-14-11-8-5-2/h15-16,18-19,24-25,27-28,31,33,55H,4-14,17,20-23,26,29-30,32,34-54H2,1-3H3/b18-15+,19-16+,27-24+,28-25+,33-31+/t55-/m1/s1. The predicted octanol–water partition coefficient (Wildman–Crippen LogP) is 18.0. The summed E-state index contributed by atoms with van der Waals surface area (Å²) in [5, 5.41) is 0. The van der Waals surface area contributed by atoms with Crippen LogP contribution in [0.4, 0.5) is 0 Å². The fourth-order valence-corrected chi connectivity index (χ4v) is 7.58. The molecule has 0 radical (unpaired) electrons. The molecule has 6 heteroatoms. The van der Waals surface area contributed by atoms with Gasteiger partial charge in [0.05, 0.1) is 0 Å². The van der Waals surface area contributed by atoms with Crippen LogP contribution in [0.5, 0.6) is 0 Å². The maximum absolute atomic E-state index is 12.8. The van der Waals surface area contributed by atoms with E-state index in [4.69, 9.17) is 14.2 Å². The van der Waals surface area contributed by atoms with E-state index in [9.17, 15) is 14.4 Å². The largest absolute Gasteiger partial charge is 0.462 e. The van der Waals surface area contributed by atoms with E-state index in [-0.39, 0.29) is 31.1 Å². The van der Waals surface area contributed by atoms with Crippen molar-refractivity contribution in [2.24, 2.45) is 0 Å². The topological polar surface area (TPSA) is 78.9 Å². The van der Waals surface area contributed by atoms with E-state index >= 15 is 0 Å². The lowest BCUT2D eigenvalue weighted by molar-refractivity contribution is -0.167. The Hall–Kier alpha value is -2.89. The van der Waals surface area contributed by atoms with Gasteiger partial charge in [0, 0.05) is 19.3 Å². The minimum absolute atomic E-state index is 0.0870. The average molecular weight is 895 g/mol. The quantitative estimate of drug-likeness (QED) is 0.0262. The number of unbranched alkanes of at least 4 members (excludes halogenated alkanes) is 28. The fourth-order valence-electron chi connectivity index (χ4n) is 7.58. The van der Waals surface area contributed by atoms with E-state index < -0.39 is 6.10 Å². The molecule has 0 aliphatic heterocycles. The van der Waals surface area contributed by atoms with Crippen LogP contribution >= 0.6 is 0 Å². The molecule has 0 saturated heterocycles. The number of rotatable bonds is 49. The van der Waals surface area contributed by atoms with Gasteiger partial charge in [-0.2, -0.15) is 0 Å². The highest BCUT2D eigenvalue weighted by molar-refractivity contribution is 5.71. The molecule has 0 aromatic rings. The number of hydrogen-bond acceptors (Lipinski definition) is 6. The molecular weight excluding hydrogens is 793 g/mol. The van der Waals surface area contributed by atoms with Gasteiger partial charge >= 0.3 is 17.9 Å². The lowest BCUT2D eigenvalue weighted by Gasteiger charge is -2.18. The third kappa shape index (κ3) is 50.1. The first-order valence-electron chi connectivity index (χ1n) is 27.3. The van der Waals surface area contributed by atoms with Gasteiger partial charge in [-0.3, -0.25) is 14.4 Å². The Bertz CT molecular complexity index is 1170. The molecule has 0 saturated carbocycles. The second-order valence-electron chi connectivity index (χ2n) is 18.1. The second-order valence-corrected chi connectivity index (χ2v) is 18.1. The molecule has 0 amide bonds. The van der Waals surface area contributed by atoms with Gasteiger partial charge < -0.3 is 14.2 Å². The first-order chi connectivity index (χ1) is 31.5. The van der Waals surface area contributed by atoms with E-state index in [0.29, 0.717) is 19.3 Å². The molecule has 1 atom stereocenters. The van der Waals surface area contributed by atoms with Crippen molar-refractivity contribution in [3.05, 3.63) is 60.8 Å². The molecule has 0 rings (SSSR count).